The van der Waals surface area contributed by atoms with E-state index in [1.807, 2.05) is 23.8 Å². The van der Waals surface area contributed by atoms with Crippen LogP contribution in [0.5, 0.6) is 11.5 Å². The standard InChI is InChI=1S/C29H39N5O8S/c1-9-18-15-29(18,26(36)32-43(38,39)33(6)7)31-25(35)21-14-19(16-34(21)27(37)42-28(3,4)5)41-23-12-13-30-24-17(2)22(40-8)11-10-20(23)24/h9-13,18-19,21H,1,14-16H2,2-8H3,(H,31,35)(H,32,36)/t18-,19?,21+,29-/m1/s1. The van der Waals surface area contributed by atoms with Crippen LogP contribution in [0.3, 0.4) is 0 Å². The van der Waals surface area contributed by atoms with Crippen LogP contribution in [0.15, 0.2) is 37.1 Å². The van der Waals surface area contributed by atoms with Crippen molar-refractivity contribution in [3.05, 3.63) is 42.6 Å². The summed E-state index contributed by atoms with van der Waals surface area (Å²) in [6, 6.07) is 4.30. The van der Waals surface area contributed by atoms with Gasteiger partial charge in [0, 0.05) is 43.6 Å². The van der Waals surface area contributed by atoms with Gasteiger partial charge in [0.25, 0.3) is 5.91 Å². The predicted octanol–water partition coefficient (Wildman–Crippen LogP) is 2.29. The minimum atomic E-state index is -4.11. The summed E-state index contributed by atoms with van der Waals surface area (Å²) in [5.41, 5.74) is -0.831. The number of carbonyl (C=O) groups excluding carboxylic acids is 3. The highest BCUT2D eigenvalue weighted by atomic mass is 32.2. The number of hydrogen-bond acceptors (Lipinski definition) is 9. The number of hydrogen-bond donors (Lipinski definition) is 2. The normalized spacial score (nSPS) is 23.5. The molecule has 4 atom stereocenters. The Bertz CT molecular complexity index is 1550. The van der Waals surface area contributed by atoms with Crippen LogP contribution in [0, 0.1) is 12.8 Å². The second kappa shape index (κ2) is 11.6. The van der Waals surface area contributed by atoms with Crippen molar-refractivity contribution in [2.75, 3.05) is 27.7 Å². The van der Waals surface area contributed by atoms with Crippen molar-refractivity contribution in [1.82, 2.24) is 24.2 Å². The maximum Gasteiger partial charge on any atom is 0.411 e. The molecule has 1 aliphatic carbocycles. The number of aryl methyl sites for hydroxylation is 1. The van der Waals surface area contributed by atoms with E-state index < -0.39 is 57.3 Å². The third kappa shape index (κ3) is 6.54. The first-order valence-electron chi connectivity index (χ1n) is 13.8. The quantitative estimate of drug-likeness (QED) is 0.403. The number of benzene rings is 1. The number of carbonyl (C=O) groups is 3. The molecule has 234 valence electrons. The van der Waals surface area contributed by atoms with Gasteiger partial charge < -0.3 is 19.5 Å². The summed E-state index contributed by atoms with van der Waals surface area (Å²) >= 11 is 0. The fourth-order valence-electron chi connectivity index (χ4n) is 5.11. The molecule has 0 radical (unpaired) electrons. The van der Waals surface area contributed by atoms with E-state index in [2.05, 4.69) is 16.9 Å². The molecule has 1 saturated carbocycles. The lowest BCUT2D eigenvalue weighted by Gasteiger charge is -2.29. The highest BCUT2D eigenvalue weighted by Crippen LogP contribution is 2.45. The van der Waals surface area contributed by atoms with Crippen molar-refractivity contribution in [3.8, 4) is 11.5 Å². The number of ether oxygens (including phenoxy) is 3. The molecule has 14 heteroatoms. The van der Waals surface area contributed by atoms with E-state index in [9.17, 15) is 22.8 Å². The van der Waals surface area contributed by atoms with Gasteiger partial charge >= 0.3 is 16.3 Å². The molecule has 4 rings (SSSR count). The van der Waals surface area contributed by atoms with Crippen LogP contribution in [-0.2, 0) is 24.5 Å². The van der Waals surface area contributed by atoms with Gasteiger partial charge in [0.05, 0.1) is 19.2 Å². The summed E-state index contributed by atoms with van der Waals surface area (Å²) in [4.78, 5) is 45.9. The Morgan fingerprint density at radius 2 is 1.88 bits per heavy atom. The SMILES string of the molecule is C=C[C@@H]1C[C@]1(NC(=O)[C@@H]1CC(Oc2ccnc3c(C)c(OC)ccc23)CN1C(=O)OC(C)(C)C)C(=O)NS(=O)(=O)N(C)C. The molecule has 2 heterocycles. The average Bonchev–Trinajstić information content (AvgIpc) is 3.47. The Labute approximate surface area is 251 Å². The van der Waals surface area contributed by atoms with Crippen molar-refractivity contribution >= 4 is 39.0 Å². The van der Waals surface area contributed by atoms with Crippen molar-refractivity contribution < 1.29 is 37.0 Å². The Kier molecular flexibility index (Phi) is 8.67. The van der Waals surface area contributed by atoms with E-state index in [1.54, 1.807) is 40.1 Å². The van der Waals surface area contributed by atoms with Gasteiger partial charge in [-0.25, -0.2) is 9.52 Å². The zero-order chi connectivity index (χ0) is 31.9. The molecule has 1 aliphatic heterocycles. The number of nitrogens with one attached hydrogen (secondary N) is 2. The topological polar surface area (TPSA) is 156 Å². The maximum atomic E-state index is 13.8. The number of fused-ring (bicyclic) bond motifs is 1. The van der Waals surface area contributed by atoms with E-state index in [4.69, 9.17) is 14.2 Å². The minimum Gasteiger partial charge on any atom is -0.496 e. The average molecular weight is 618 g/mol. The zero-order valence-electron chi connectivity index (χ0n) is 25.5. The van der Waals surface area contributed by atoms with Crippen molar-refractivity contribution in [2.45, 2.75) is 63.8 Å². The first-order valence-corrected chi connectivity index (χ1v) is 15.2. The number of aromatic nitrogens is 1. The molecule has 0 bridgehead atoms. The summed E-state index contributed by atoms with van der Waals surface area (Å²) in [6.07, 6.45) is 2.02. The lowest BCUT2D eigenvalue weighted by molar-refractivity contribution is -0.131. The summed E-state index contributed by atoms with van der Waals surface area (Å²) in [6.45, 7) is 10.8. The van der Waals surface area contributed by atoms with Gasteiger partial charge in [-0.15, -0.1) is 6.58 Å². The zero-order valence-corrected chi connectivity index (χ0v) is 26.3. The first kappa shape index (κ1) is 32.0. The lowest BCUT2D eigenvalue weighted by Crippen LogP contribution is -2.57. The minimum absolute atomic E-state index is 0.0328. The van der Waals surface area contributed by atoms with E-state index in [0.717, 1.165) is 15.3 Å². The summed E-state index contributed by atoms with van der Waals surface area (Å²) in [7, 11) is 0.0263. The van der Waals surface area contributed by atoms with Gasteiger partial charge in [-0.1, -0.05) is 6.08 Å². The Hall–Kier alpha value is -3.91. The summed E-state index contributed by atoms with van der Waals surface area (Å²) in [5, 5.41) is 3.46. The predicted molar refractivity (Wildman–Crippen MR) is 159 cm³/mol. The van der Waals surface area contributed by atoms with E-state index in [1.165, 1.54) is 25.1 Å². The Balaban J connectivity index is 1.60. The van der Waals surface area contributed by atoms with Crippen LogP contribution in [0.25, 0.3) is 10.9 Å². The molecule has 3 amide bonds. The van der Waals surface area contributed by atoms with Gasteiger partial charge in [-0.3, -0.25) is 19.5 Å². The van der Waals surface area contributed by atoms with Crippen LogP contribution in [0.4, 0.5) is 4.79 Å². The van der Waals surface area contributed by atoms with E-state index in [0.29, 0.717) is 17.0 Å². The third-order valence-electron chi connectivity index (χ3n) is 7.54. The largest absolute Gasteiger partial charge is 0.496 e. The lowest BCUT2D eigenvalue weighted by atomic mass is 10.1. The third-order valence-corrected chi connectivity index (χ3v) is 8.94. The fourth-order valence-corrected chi connectivity index (χ4v) is 5.71. The molecule has 2 N–H and O–H groups in total. The Morgan fingerprint density at radius 1 is 1.19 bits per heavy atom. The Morgan fingerprint density at radius 3 is 2.47 bits per heavy atom. The molecule has 2 fully saturated rings. The molecule has 13 nitrogen and oxygen atoms in total. The van der Waals surface area contributed by atoms with Crippen LogP contribution >= 0.6 is 0 Å². The monoisotopic (exact) mass is 617 g/mol. The highest BCUT2D eigenvalue weighted by molar-refractivity contribution is 7.87. The molecule has 1 unspecified atom stereocenters. The molecular weight excluding hydrogens is 578 g/mol. The van der Waals surface area contributed by atoms with Crippen LogP contribution in [0.2, 0.25) is 0 Å². The molecule has 1 saturated heterocycles. The molecule has 0 spiro atoms. The number of methoxy groups -OCH3 is 1. The van der Waals surface area contributed by atoms with E-state index in [-0.39, 0.29) is 19.4 Å². The van der Waals surface area contributed by atoms with Crippen LogP contribution < -0.4 is 19.5 Å². The molecular formula is C29H39N5O8S. The summed E-state index contributed by atoms with van der Waals surface area (Å²) < 4.78 is 44.9. The van der Waals surface area contributed by atoms with Crippen LogP contribution in [0.1, 0.15) is 39.2 Å². The smallest absolute Gasteiger partial charge is 0.411 e. The van der Waals surface area contributed by atoms with Crippen molar-refractivity contribution in [1.29, 1.82) is 0 Å². The first-order chi connectivity index (χ1) is 20.0. The molecule has 43 heavy (non-hydrogen) atoms. The molecule has 1 aromatic carbocycles. The number of pyridine rings is 1. The maximum absolute atomic E-state index is 13.8. The number of nitrogens with zero attached hydrogens (tertiary/aromatic N) is 3. The highest BCUT2D eigenvalue weighted by Gasteiger charge is 2.61. The molecule has 1 aromatic heterocycles. The second-order valence-corrected chi connectivity index (χ2v) is 13.8. The van der Waals surface area contributed by atoms with Gasteiger partial charge in [0.2, 0.25) is 5.91 Å². The van der Waals surface area contributed by atoms with Gasteiger partial charge in [-0.05, 0) is 52.3 Å². The van der Waals surface area contributed by atoms with Crippen molar-refractivity contribution in [3.63, 3.8) is 0 Å². The molecule has 2 aliphatic rings. The van der Waals surface area contributed by atoms with Gasteiger partial charge in [-0.2, -0.15) is 12.7 Å². The number of amides is 3. The second-order valence-electron chi connectivity index (χ2n) is 11.9. The van der Waals surface area contributed by atoms with Crippen LogP contribution in [-0.4, -0.2) is 91.6 Å². The van der Waals surface area contributed by atoms with Gasteiger partial charge in [0.15, 0.2) is 0 Å². The van der Waals surface area contributed by atoms with E-state index >= 15 is 0 Å². The van der Waals surface area contributed by atoms with Crippen molar-refractivity contribution in [2.24, 2.45) is 5.92 Å². The number of likely N-dealkylation sites (tertiary alicyclic amines) is 1. The molecule has 2 aromatic rings. The fraction of sp³-hybridized carbons (Fsp3) is 0.517. The summed E-state index contributed by atoms with van der Waals surface area (Å²) in [5.74, 6) is -0.827. The number of rotatable bonds is 9. The van der Waals surface area contributed by atoms with Gasteiger partial charge in [0.1, 0.15) is 34.8 Å².